The van der Waals surface area contributed by atoms with Crippen LogP contribution in [0.5, 0.6) is 0 Å². The van der Waals surface area contributed by atoms with E-state index >= 15 is 0 Å². The van der Waals surface area contributed by atoms with E-state index in [1.54, 1.807) is 0 Å². The van der Waals surface area contributed by atoms with Crippen LogP contribution >= 0.6 is 0 Å². The lowest BCUT2D eigenvalue weighted by Crippen LogP contribution is -2.48. The van der Waals surface area contributed by atoms with Crippen LogP contribution in [0.25, 0.3) is 0 Å². The Bertz CT molecular complexity index is 164. The molecule has 0 aliphatic heterocycles. The minimum Gasteiger partial charge on any atom is -0.374 e. The smallest absolute Gasteiger partial charge is 0.374 e. The predicted octanol–water partition coefficient (Wildman–Crippen LogP) is 1.28. The molecule has 0 aliphatic rings. The molecular formula is C10H26N2O3Si. The number of rotatable bonds is 10. The van der Waals surface area contributed by atoms with Crippen LogP contribution in [0.2, 0.25) is 6.04 Å². The van der Waals surface area contributed by atoms with Gasteiger partial charge >= 0.3 is 8.80 Å². The zero-order valence-corrected chi connectivity index (χ0v) is 11.9. The van der Waals surface area contributed by atoms with Crippen molar-refractivity contribution in [3.05, 3.63) is 0 Å². The SMILES string of the molecule is CCO[Si](CCCNN)(OCC)OC(C)C. The monoisotopic (exact) mass is 250 g/mol. The number of nitrogens with two attached hydrogens (primary N) is 1. The minimum absolute atomic E-state index is 0.121. The van der Waals surface area contributed by atoms with Gasteiger partial charge in [0, 0.05) is 31.9 Å². The first-order valence-corrected chi connectivity index (χ1v) is 7.92. The fourth-order valence-electron chi connectivity index (χ4n) is 1.52. The average Bonchev–Trinajstić information content (AvgIpc) is 2.17. The number of hydrazine groups is 1. The lowest BCUT2D eigenvalue weighted by atomic mass is 10.5. The van der Waals surface area contributed by atoms with Gasteiger partial charge in [-0.25, -0.2) is 0 Å². The van der Waals surface area contributed by atoms with Gasteiger partial charge in [-0.3, -0.25) is 11.3 Å². The van der Waals surface area contributed by atoms with Crippen LogP contribution in [0.4, 0.5) is 0 Å². The first-order chi connectivity index (χ1) is 7.60. The molecule has 5 nitrogen and oxygen atoms in total. The topological polar surface area (TPSA) is 65.7 Å². The summed E-state index contributed by atoms with van der Waals surface area (Å²) in [5, 5.41) is 0. The second-order valence-electron chi connectivity index (χ2n) is 3.77. The second kappa shape index (κ2) is 9.09. The molecule has 98 valence electrons. The Balaban J connectivity index is 4.37. The molecule has 0 rings (SSSR count). The Morgan fingerprint density at radius 3 is 2.12 bits per heavy atom. The molecule has 0 aromatic rings. The van der Waals surface area contributed by atoms with Gasteiger partial charge < -0.3 is 13.3 Å². The molecule has 0 saturated carbocycles. The van der Waals surface area contributed by atoms with E-state index in [0.29, 0.717) is 13.2 Å². The Labute approximate surface area is 100.0 Å². The van der Waals surface area contributed by atoms with E-state index in [2.05, 4.69) is 5.43 Å². The van der Waals surface area contributed by atoms with Crippen LogP contribution in [-0.2, 0) is 13.3 Å². The van der Waals surface area contributed by atoms with Crippen molar-refractivity contribution in [1.82, 2.24) is 5.43 Å². The molecule has 0 bridgehead atoms. The third-order valence-electron chi connectivity index (χ3n) is 1.95. The molecule has 0 aromatic carbocycles. The average molecular weight is 250 g/mol. The molecule has 0 aromatic heterocycles. The van der Waals surface area contributed by atoms with Gasteiger partial charge in [0.25, 0.3) is 0 Å². The highest BCUT2D eigenvalue weighted by Crippen LogP contribution is 2.19. The summed E-state index contributed by atoms with van der Waals surface area (Å²) in [6.07, 6.45) is 1.02. The summed E-state index contributed by atoms with van der Waals surface area (Å²) in [6.45, 7) is 9.92. The van der Waals surface area contributed by atoms with Crippen LogP contribution < -0.4 is 11.3 Å². The van der Waals surface area contributed by atoms with Gasteiger partial charge in [-0.2, -0.15) is 0 Å². The molecule has 0 saturated heterocycles. The van der Waals surface area contributed by atoms with Crippen LogP contribution in [0.3, 0.4) is 0 Å². The van der Waals surface area contributed by atoms with Crippen molar-refractivity contribution in [2.75, 3.05) is 19.8 Å². The second-order valence-corrected chi connectivity index (χ2v) is 6.45. The summed E-state index contributed by atoms with van der Waals surface area (Å²) in [6, 6.07) is 0.803. The summed E-state index contributed by atoms with van der Waals surface area (Å²) in [4.78, 5) is 0. The first kappa shape index (κ1) is 16.0. The summed E-state index contributed by atoms with van der Waals surface area (Å²) >= 11 is 0. The van der Waals surface area contributed by atoms with Crippen LogP contribution in [0.1, 0.15) is 34.1 Å². The lowest BCUT2D eigenvalue weighted by molar-refractivity contribution is 0.0439. The van der Waals surface area contributed by atoms with E-state index in [-0.39, 0.29) is 6.10 Å². The fraction of sp³-hybridized carbons (Fsp3) is 1.00. The van der Waals surface area contributed by atoms with Crippen LogP contribution in [-0.4, -0.2) is 34.7 Å². The number of hydrogen-bond acceptors (Lipinski definition) is 5. The highest BCUT2D eigenvalue weighted by Gasteiger charge is 2.40. The van der Waals surface area contributed by atoms with Crippen molar-refractivity contribution in [3.8, 4) is 0 Å². The first-order valence-electron chi connectivity index (χ1n) is 5.99. The van der Waals surface area contributed by atoms with E-state index < -0.39 is 8.80 Å². The maximum atomic E-state index is 5.89. The lowest BCUT2D eigenvalue weighted by Gasteiger charge is -2.30. The molecule has 6 heteroatoms. The molecule has 16 heavy (non-hydrogen) atoms. The molecule has 3 N–H and O–H groups in total. The maximum absolute atomic E-state index is 5.89. The quantitative estimate of drug-likeness (QED) is 0.265. The normalized spacial score (nSPS) is 12.4. The molecule has 0 aliphatic carbocycles. The van der Waals surface area contributed by atoms with Crippen molar-refractivity contribution in [1.29, 1.82) is 0 Å². The van der Waals surface area contributed by atoms with Gasteiger partial charge in [0.1, 0.15) is 0 Å². The Morgan fingerprint density at radius 1 is 1.19 bits per heavy atom. The van der Waals surface area contributed by atoms with Gasteiger partial charge in [0.15, 0.2) is 0 Å². The zero-order valence-electron chi connectivity index (χ0n) is 10.9. The third-order valence-corrected chi connectivity index (χ3v) is 5.20. The highest BCUT2D eigenvalue weighted by molar-refractivity contribution is 6.60. The molecule has 0 heterocycles. The highest BCUT2D eigenvalue weighted by atomic mass is 28.4. The number of hydrogen-bond donors (Lipinski definition) is 2. The predicted molar refractivity (Wildman–Crippen MR) is 66.8 cm³/mol. The molecular weight excluding hydrogens is 224 g/mol. The molecule has 0 unspecified atom stereocenters. The van der Waals surface area contributed by atoms with Gasteiger partial charge in [-0.1, -0.05) is 0 Å². The fourth-order valence-corrected chi connectivity index (χ4v) is 4.35. The van der Waals surface area contributed by atoms with E-state index in [0.717, 1.165) is 19.0 Å². The van der Waals surface area contributed by atoms with Gasteiger partial charge in [-0.05, 0) is 34.1 Å². The van der Waals surface area contributed by atoms with Crippen molar-refractivity contribution in [3.63, 3.8) is 0 Å². The molecule has 0 fully saturated rings. The zero-order chi connectivity index (χ0) is 12.4. The third kappa shape index (κ3) is 6.57. The van der Waals surface area contributed by atoms with Crippen LogP contribution in [0, 0.1) is 0 Å². The minimum atomic E-state index is -2.49. The standard InChI is InChI=1S/C10H26N2O3Si/c1-5-13-16(14-6-2,15-10(3)4)9-7-8-12-11/h10,12H,5-9,11H2,1-4H3. The van der Waals surface area contributed by atoms with E-state index in [1.807, 2.05) is 27.7 Å². The van der Waals surface area contributed by atoms with Crippen molar-refractivity contribution in [2.45, 2.75) is 46.3 Å². The maximum Gasteiger partial charge on any atom is 0.501 e. The molecule has 0 atom stereocenters. The molecule has 0 spiro atoms. The van der Waals surface area contributed by atoms with Gasteiger partial charge in [0.2, 0.25) is 0 Å². The Kier molecular flexibility index (Phi) is 9.10. The Hall–Kier alpha value is 0.0169. The summed E-state index contributed by atoms with van der Waals surface area (Å²) in [7, 11) is -2.49. The van der Waals surface area contributed by atoms with Crippen molar-refractivity contribution >= 4 is 8.80 Å². The van der Waals surface area contributed by atoms with E-state index in [9.17, 15) is 0 Å². The summed E-state index contributed by atoms with van der Waals surface area (Å²) in [5.41, 5.74) is 2.63. The van der Waals surface area contributed by atoms with E-state index in [4.69, 9.17) is 19.1 Å². The largest absolute Gasteiger partial charge is 0.501 e. The van der Waals surface area contributed by atoms with Crippen molar-refractivity contribution in [2.24, 2.45) is 5.84 Å². The molecule has 0 radical (unpaired) electrons. The van der Waals surface area contributed by atoms with Crippen LogP contribution in [0.15, 0.2) is 0 Å². The van der Waals surface area contributed by atoms with Crippen molar-refractivity contribution < 1.29 is 13.3 Å². The van der Waals surface area contributed by atoms with Gasteiger partial charge in [-0.15, -0.1) is 0 Å². The molecule has 0 amide bonds. The summed E-state index contributed by atoms with van der Waals surface area (Å²) < 4.78 is 17.4. The number of nitrogens with one attached hydrogen (secondary N) is 1. The van der Waals surface area contributed by atoms with E-state index in [1.165, 1.54) is 0 Å². The van der Waals surface area contributed by atoms with Gasteiger partial charge in [0.05, 0.1) is 0 Å². The Morgan fingerprint density at radius 2 is 1.75 bits per heavy atom. The summed E-state index contributed by atoms with van der Waals surface area (Å²) in [5.74, 6) is 5.25.